The van der Waals surface area contributed by atoms with Crippen molar-refractivity contribution in [2.45, 2.75) is 158 Å². The van der Waals surface area contributed by atoms with Crippen molar-refractivity contribution in [2.24, 2.45) is 0 Å². The number of rotatable bonds is 24. The fourth-order valence-corrected chi connectivity index (χ4v) is 5.29. The monoisotopic (exact) mass is 889 g/mol. The predicted molar refractivity (Wildman–Crippen MR) is 182 cm³/mol. The third-order valence-electron chi connectivity index (χ3n) is 7.89. The molecule has 0 aliphatic carbocycles. The van der Waals surface area contributed by atoms with Crippen molar-refractivity contribution in [3.63, 3.8) is 0 Å². The number of hydrogen-bond donors (Lipinski definition) is 0. The average molecular weight is 893 g/mol. The SMILES string of the molecule is CCCC[N+](CCCC)(CCCC)CCCC.CCCC[N+](CCCC)(CCCC)CCCC.[Cl-].[Cl-].[Cl][Pt]([Cl])([Cl])[Cl]. The minimum absolute atomic E-state index is 0. The zero-order chi connectivity index (χ0) is 30.5. The Morgan fingerprint density at radius 3 is 0.488 bits per heavy atom. The van der Waals surface area contributed by atoms with Crippen LogP contribution in [0.3, 0.4) is 0 Å². The van der Waals surface area contributed by atoms with Gasteiger partial charge in [-0.15, -0.1) is 0 Å². The van der Waals surface area contributed by atoms with Crippen LogP contribution >= 0.6 is 37.7 Å². The molecule has 0 aliphatic heterocycles. The molecular formula is C32H72Cl6N2Pt. The molecule has 0 rings (SSSR count). The van der Waals surface area contributed by atoms with Gasteiger partial charge >= 0.3 is 49.6 Å². The second kappa shape index (κ2) is 36.8. The van der Waals surface area contributed by atoms with Crippen LogP contribution in [-0.2, 0) is 11.9 Å². The van der Waals surface area contributed by atoms with Crippen molar-refractivity contribution in [2.75, 3.05) is 52.4 Å². The van der Waals surface area contributed by atoms with Crippen LogP contribution in [0.2, 0.25) is 0 Å². The molecule has 0 spiro atoms. The summed E-state index contributed by atoms with van der Waals surface area (Å²) < 4.78 is 2.84. The van der Waals surface area contributed by atoms with Crippen molar-refractivity contribution in [1.82, 2.24) is 0 Å². The van der Waals surface area contributed by atoms with Crippen LogP contribution in [0.5, 0.6) is 0 Å². The molecule has 0 unspecified atom stereocenters. The third-order valence-corrected chi connectivity index (χ3v) is 7.89. The molecule has 0 fully saturated rings. The van der Waals surface area contributed by atoms with E-state index in [1.807, 2.05) is 0 Å². The molecule has 262 valence electrons. The van der Waals surface area contributed by atoms with E-state index in [0.717, 1.165) is 0 Å². The van der Waals surface area contributed by atoms with E-state index in [9.17, 15) is 0 Å². The van der Waals surface area contributed by atoms with Crippen LogP contribution in [0.15, 0.2) is 0 Å². The second-order valence-corrected chi connectivity index (χ2v) is 31.3. The van der Waals surface area contributed by atoms with Gasteiger partial charge in [0.2, 0.25) is 0 Å². The van der Waals surface area contributed by atoms with Gasteiger partial charge in [0, 0.05) is 0 Å². The quantitative estimate of drug-likeness (QED) is 0.0941. The van der Waals surface area contributed by atoms with Crippen molar-refractivity contribution in [3.8, 4) is 0 Å². The Morgan fingerprint density at radius 1 is 0.317 bits per heavy atom. The Labute approximate surface area is 291 Å². The minimum atomic E-state index is -3.06. The normalized spacial score (nSPS) is 11.8. The molecule has 0 atom stereocenters. The van der Waals surface area contributed by atoms with Gasteiger partial charge in [0.1, 0.15) is 0 Å². The van der Waals surface area contributed by atoms with E-state index >= 15 is 0 Å². The summed E-state index contributed by atoms with van der Waals surface area (Å²) in [5.74, 6) is 0. The zero-order valence-electron chi connectivity index (χ0n) is 28.4. The Morgan fingerprint density at radius 2 is 0.415 bits per heavy atom. The van der Waals surface area contributed by atoms with Crippen LogP contribution in [0.1, 0.15) is 158 Å². The molecule has 0 aliphatic rings. The Kier molecular flexibility index (Phi) is 47.5. The maximum atomic E-state index is 5.01. The molecule has 0 aromatic heterocycles. The molecule has 0 aromatic rings. The Hall–Kier alpha value is 2.35. The molecule has 2 nitrogen and oxygen atoms in total. The average Bonchev–Trinajstić information content (AvgIpc) is 2.91. The topological polar surface area (TPSA) is 0 Å². The summed E-state index contributed by atoms with van der Waals surface area (Å²) in [7, 11) is 20.0. The van der Waals surface area contributed by atoms with E-state index in [1.54, 1.807) is 0 Å². The molecule has 0 bridgehead atoms. The van der Waals surface area contributed by atoms with E-state index in [-0.39, 0.29) is 24.8 Å². The van der Waals surface area contributed by atoms with Gasteiger partial charge in [0.15, 0.2) is 0 Å². The summed E-state index contributed by atoms with van der Waals surface area (Å²) in [6.07, 6.45) is 22.1. The molecule has 0 N–H and O–H groups in total. The second-order valence-electron chi connectivity index (χ2n) is 11.6. The maximum absolute atomic E-state index is 5.01. The standard InChI is InChI=1S/2C16H36N.6ClH.Pt/c2*1-5-9-13-17(14-10-6-2,15-11-7-3)16-12-8-4;;;;;;;/h2*5-16H2,1-4H3;6*1H;/q2*+1;;;;;;;+4/p-6. The molecule has 0 saturated heterocycles. The first kappa shape index (κ1) is 52.9. The van der Waals surface area contributed by atoms with Crippen molar-refractivity contribution in [3.05, 3.63) is 0 Å². The van der Waals surface area contributed by atoms with Gasteiger partial charge in [-0.05, 0) is 51.4 Å². The molecule has 0 aromatic carbocycles. The molecule has 0 amide bonds. The molecule has 0 saturated carbocycles. The van der Waals surface area contributed by atoms with E-state index in [2.05, 4.69) is 55.4 Å². The molecule has 9 heteroatoms. The summed E-state index contributed by atoms with van der Waals surface area (Å²) in [5.41, 5.74) is 0. The fourth-order valence-electron chi connectivity index (χ4n) is 5.29. The van der Waals surface area contributed by atoms with Crippen molar-refractivity contribution < 1.29 is 45.7 Å². The molecule has 41 heavy (non-hydrogen) atoms. The first-order valence-corrected chi connectivity index (χ1v) is 27.9. The van der Waals surface area contributed by atoms with Gasteiger partial charge in [-0.25, -0.2) is 0 Å². The third kappa shape index (κ3) is 38.4. The predicted octanol–water partition coefficient (Wildman–Crippen LogP) is 6.77. The van der Waals surface area contributed by atoms with E-state index in [4.69, 9.17) is 37.7 Å². The van der Waals surface area contributed by atoms with Gasteiger partial charge in [0.05, 0.1) is 52.4 Å². The van der Waals surface area contributed by atoms with Crippen LogP contribution in [0.25, 0.3) is 0 Å². The number of nitrogens with zero attached hydrogens (tertiary/aromatic N) is 2. The first-order valence-electron chi connectivity index (χ1n) is 16.7. The van der Waals surface area contributed by atoms with Crippen LogP contribution in [0.4, 0.5) is 0 Å². The van der Waals surface area contributed by atoms with Gasteiger partial charge < -0.3 is 33.8 Å². The first-order chi connectivity index (χ1) is 18.5. The number of unbranched alkanes of at least 4 members (excludes halogenated alkanes) is 8. The van der Waals surface area contributed by atoms with Crippen LogP contribution in [-0.4, -0.2) is 61.3 Å². The van der Waals surface area contributed by atoms with E-state index in [1.165, 1.54) is 164 Å². The number of quaternary nitrogens is 2. The van der Waals surface area contributed by atoms with Crippen molar-refractivity contribution >= 4 is 37.7 Å². The number of hydrogen-bond acceptors (Lipinski definition) is 0. The number of halogens is 6. The molecular weight excluding hydrogens is 820 g/mol. The summed E-state index contributed by atoms with van der Waals surface area (Å²) in [4.78, 5) is 0. The summed E-state index contributed by atoms with van der Waals surface area (Å²) in [6, 6.07) is 0. The molecule has 0 heterocycles. The van der Waals surface area contributed by atoms with E-state index < -0.39 is 11.9 Å². The summed E-state index contributed by atoms with van der Waals surface area (Å²) in [5, 5.41) is 0. The summed E-state index contributed by atoms with van der Waals surface area (Å²) in [6.45, 7) is 30.0. The van der Waals surface area contributed by atoms with Gasteiger partial charge in [-0.2, -0.15) is 0 Å². The van der Waals surface area contributed by atoms with Gasteiger partial charge in [-0.3, -0.25) is 0 Å². The summed E-state index contributed by atoms with van der Waals surface area (Å²) >= 11 is -3.06. The van der Waals surface area contributed by atoms with Gasteiger partial charge in [0.25, 0.3) is 0 Å². The zero-order valence-corrected chi connectivity index (χ0v) is 35.3. The van der Waals surface area contributed by atoms with Crippen LogP contribution < -0.4 is 24.8 Å². The van der Waals surface area contributed by atoms with Crippen LogP contribution in [0, 0.1) is 0 Å². The Balaban J connectivity index is -0.000000173. The van der Waals surface area contributed by atoms with Crippen molar-refractivity contribution in [1.29, 1.82) is 0 Å². The van der Waals surface area contributed by atoms with Gasteiger partial charge in [-0.1, -0.05) is 107 Å². The van der Waals surface area contributed by atoms with E-state index in [0.29, 0.717) is 0 Å². The Bertz CT molecular complexity index is 365. The molecule has 0 radical (unpaired) electrons. The fraction of sp³-hybridized carbons (Fsp3) is 1.00.